The lowest BCUT2D eigenvalue weighted by Gasteiger charge is -2.14. The highest BCUT2D eigenvalue weighted by Crippen LogP contribution is 2.25. The van der Waals surface area contributed by atoms with Crippen LogP contribution in [0.5, 0.6) is 0 Å². The van der Waals surface area contributed by atoms with E-state index >= 15 is 0 Å². The number of carbonyl (C=O) groups is 1. The average molecular weight is 470 g/mol. The third-order valence-electron chi connectivity index (χ3n) is 5.00. The van der Waals surface area contributed by atoms with Gasteiger partial charge in [0, 0.05) is 10.7 Å². The maximum atomic E-state index is 13.2. The van der Waals surface area contributed by atoms with Gasteiger partial charge in [0.1, 0.15) is 4.70 Å². The Labute approximate surface area is 193 Å². The molecule has 0 saturated heterocycles. The topological polar surface area (TPSA) is 64.0 Å². The predicted molar refractivity (Wildman–Crippen MR) is 130 cm³/mol. The number of nitrogens with zero attached hydrogens (tertiary/aromatic N) is 2. The first kappa shape index (κ1) is 21.6. The molecule has 158 valence electrons. The number of rotatable bonds is 5. The van der Waals surface area contributed by atoms with E-state index in [2.05, 4.69) is 10.3 Å². The van der Waals surface area contributed by atoms with Crippen molar-refractivity contribution in [2.75, 3.05) is 11.1 Å². The maximum Gasteiger partial charge on any atom is 0.276 e. The van der Waals surface area contributed by atoms with E-state index in [0.29, 0.717) is 26.1 Å². The highest BCUT2D eigenvalue weighted by Gasteiger charge is 2.16. The molecule has 0 aliphatic heterocycles. The van der Waals surface area contributed by atoms with E-state index in [9.17, 15) is 9.59 Å². The number of nitrogens with one attached hydrogen (secondary N) is 1. The third kappa shape index (κ3) is 4.54. The quantitative estimate of drug-likeness (QED) is 0.298. The second kappa shape index (κ2) is 8.86. The molecule has 2 heterocycles. The van der Waals surface area contributed by atoms with Crippen molar-refractivity contribution in [3.05, 3.63) is 79.9 Å². The van der Waals surface area contributed by atoms with Crippen molar-refractivity contribution in [2.24, 2.45) is 0 Å². The van der Waals surface area contributed by atoms with Crippen LogP contribution in [0.2, 0.25) is 5.02 Å². The molecule has 0 aliphatic carbocycles. The fourth-order valence-corrected chi connectivity index (χ4v) is 4.87. The molecule has 2 aromatic carbocycles. The SMILES string of the molecule is Cc1ccc(-n2c(SCC(=O)Nc3cc(Cl)ccc3C)nc3ccsc3c2=O)cc1C. The van der Waals surface area contributed by atoms with E-state index in [4.69, 9.17) is 11.6 Å². The number of hydrogen-bond acceptors (Lipinski definition) is 5. The number of aryl methyl sites for hydroxylation is 3. The Morgan fingerprint density at radius 3 is 2.65 bits per heavy atom. The number of thiophene rings is 1. The summed E-state index contributed by atoms with van der Waals surface area (Å²) in [5.74, 6) is -0.0829. The number of hydrogen-bond donors (Lipinski definition) is 1. The number of thioether (sulfide) groups is 1. The largest absolute Gasteiger partial charge is 0.325 e. The monoisotopic (exact) mass is 469 g/mol. The molecule has 8 heteroatoms. The fourth-order valence-electron chi connectivity index (χ4n) is 3.13. The Balaban J connectivity index is 1.66. The average Bonchev–Trinajstić information content (AvgIpc) is 3.20. The van der Waals surface area contributed by atoms with Gasteiger partial charge < -0.3 is 5.32 Å². The number of amides is 1. The van der Waals surface area contributed by atoms with Gasteiger partial charge in [0.2, 0.25) is 5.91 Å². The van der Waals surface area contributed by atoms with Crippen LogP contribution in [0.1, 0.15) is 16.7 Å². The predicted octanol–water partition coefficient (Wildman–Crippen LogP) is 5.76. The molecule has 0 spiro atoms. The summed E-state index contributed by atoms with van der Waals surface area (Å²) in [6.45, 7) is 5.94. The van der Waals surface area contributed by atoms with Crippen molar-refractivity contribution < 1.29 is 4.79 Å². The van der Waals surface area contributed by atoms with E-state index in [1.54, 1.807) is 16.7 Å². The summed E-state index contributed by atoms with van der Waals surface area (Å²) in [6, 6.07) is 13.0. The first-order valence-electron chi connectivity index (χ1n) is 9.60. The summed E-state index contributed by atoms with van der Waals surface area (Å²) in [7, 11) is 0. The van der Waals surface area contributed by atoms with Crippen molar-refractivity contribution in [1.82, 2.24) is 9.55 Å². The summed E-state index contributed by atoms with van der Waals surface area (Å²) in [6.07, 6.45) is 0. The second-order valence-corrected chi connectivity index (χ2v) is 9.53. The molecule has 0 bridgehead atoms. The minimum absolute atomic E-state index is 0.110. The summed E-state index contributed by atoms with van der Waals surface area (Å²) in [5.41, 5.74) is 5.08. The van der Waals surface area contributed by atoms with Gasteiger partial charge >= 0.3 is 0 Å². The van der Waals surface area contributed by atoms with Crippen molar-refractivity contribution in [3.8, 4) is 5.69 Å². The van der Waals surface area contributed by atoms with Gasteiger partial charge in [-0.3, -0.25) is 14.2 Å². The number of fused-ring (bicyclic) bond motifs is 1. The molecule has 2 aromatic heterocycles. The summed E-state index contributed by atoms with van der Waals surface area (Å²) in [5, 5.41) is 5.78. The van der Waals surface area contributed by atoms with Gasteiger partial charge in [0.05, 0.1) is 17.0 Å². The van der Waals surface area contributed by atoms with Gasteiger partial charge in [0.15, 0.2) is 5.16 Å². The van der Waals surface area contributed by atoms with Crippen LogP contribution in [0.15, 0.2) is 57.8 Å². The maximum absolute atomic E-state index is 13.2. The Bertz CT molecular complexity index is 1360. The minimum Gasteiger partial charge on any atom is -0.325 e. The molecule has 31 heavy (non-hydrogen) atoms. The van der Waals surface area contributed by atoms with Crippen LogP contribution in [0.3, 0.4) is 0 Å². The first-order chi connectivity index (χ1) is 14.8. The summed E-state index contributed by atoms with van der Waals surface area (Å²) in [4.78, 5) is 30.5. The van der Waals surface area contributed by atoms with Gasteiger partial charge in [-0.05, 0) is 73.2 Å². The van der Waals surface area contributed by atoms with Crippen LogP contribution in [0.25, 0.3) is 15.9 Å². The van der Waals surface area contributed by atoms with Crippen LogP contribution in [0.4, 0.5) is 5.69 Å². The standard InChI is InChI=1S/C23H20ClN3O2S2/c1-13-5-7-17(10-15(13)3)27-22(29)21-18(8-9-30-21)26-23(27)31-12-20(28)25-19-11-16(24)6-4-14(19)2/h4-11H,12H2,1-3H3,(H,25,28). The van der Waals surface area contributed by atoms with Gasteiger partial charge in [-0.2, -0.15) is 0 Å². The van der Waals surface area contributed by atoms with Crippen LogP contribution in [-0.2, 0) is 4.79 Å². The fraction of sp³-hybridized carbons (Fsp3) is 0.174. The summed E-state index contributed by atoms with van der Waals surface area (Å²) >= 11 is 8.65. The van der Waals surface area contributed by atoms with Crippen molar-refractivity contribution in [1.29, 1.82) is 0 Å². The van der Waals surface area contributed by atoms with Gasteiger partial charge in [-0.25, -0.2) is 4.98 Å². The number of anilines is 1. The third-order valence-corrected chi connectivity index (χ3v) is 7.07. The zero-order valence-corrected chi connectivity index (χ0v) is 19.6. The molecule has 1 amide bonds. The molecule has 1 N–H and O–H groups in total. The number of aromatic nitrogens is 2. The molecule has 5 nitrogen and oxygen atoms in total. The zero-order valence-electron chi connectivity index (χ0n) is 17.2. The van der Waals surface area contributed by atoms with Gasteiger partial charge in [-0.1, -0.05) is 35.5 Å². The van der Waals surface area contributed by atoms with Gasteiger partial charge in [0.25, 0.3) is 5.56 Å². The Kier molecular flexibility index (Phi) is 6.18. The molecule has 0 fully saturated rings. The zero-order chi connectivity index (χ0) is 22.1. The normalized spacial score (nSPS) is 11.1. The van der Waals surface area contributed by atoms with E-state index in [-0.39, 0.29) is 17.2 Å². The number of halogens is 1. The van der Waals surface area contributed by atoms with Crippen LogP contribution >= 0.6 is 34.7 Å². The van der Waals surface area contributed by atoms with Crippen molar-refractivity contribution in [2.45, 2.75) is 25.9 Å². The Hall–Kier alpha value is -2.61. The lowest BCUT2D eigenvalue weighted by atomic mass is 10.1. The van der Waals surface area contributed by atoms with E-state index in [1.807, 2.05) is 56.5 Å². The molecule has 4 aromatic rings. The van der Waals surface area contributed by atoms with E-state index in [0.717, 1.165) is 22.4 Å². The summed E-state index contributed by atoms with van der Waals surface area (Å²) < 4.78 is 2.19. The van der Waals surface area contributed by atoms with E-state index < -0.39 is 0 Å². The number of benzene rings is 2. The molecule has 0 atom stereocenters. The van der Waals surface area contributed by atoms with Crippen LogP contribution in [0, 0.1) is 20.8 Å². The van der Waals surface area contributed by atoms with Gasteiger partial charge in [-0.15, -0.1) is 11.3 Å². The molecule has 4 rings (SSSR count). The Morgan fingerprint density at radius 1 is 1.10 bits per heavy atom. The first-order valence-corrected chi connectivity index (χ1v) is 11.8. The van der Waals surface area contributed by atoms with Crippen LogP contribution < -0.4 is 10.9 Å². The molecule has 0 radical (unpaired) electrons. The lowest BCUT2D eigenvalue weighted by molar-refractivity contribution is -0.113. The molecular weight excluding hydrogens is 450 g/mol. The Morgan fingerprint density at radius 2 is 1.87 bits per heavy atom. The smallest absolute Gasteiger partial charge is 0.276 e. The lowest BCUT2D eigenvalue weighted by Crippen LogP contribution is -2.22. The molecule has 0 saturated carbocycles. The van der Waals surface area contributed by atoms with Crippen molar-refractivity contribution >= 4 is 56.5 Å². The second-order valence-electron chi connectivity index (χ2n) is 7.23. The highest BCUT2D eigenvalue weighted by molar-refractivity contribution is 7.99. The highest BCUT2D eigenvalue weighted by atomic mass is 35.5. The minimum atomic E-state index is -0.193. The molecule has 0 aliphatic rings. The molecular formula is C23H20ClN3O2S2. The van der Waals surface area contributed by atoms with Crippen molar-refractivity contribution in [3.63, 3.8) is 0 Å². The molecule has 0 unspecified atom stereocenters. The number of carbonyl (C=O) groups excluding carboxylic acids is 1. The van der Waals surface area contributed by atoms with E-state index in [1.165, 1.54) is 23.1 Å². The van der Waals surface area contributed by atoms with Crippen LogP contribution in [-0.4, -0.2) is 21.2 Å².